The summed E-state index contributed by atoms with van der Waals surface area (Å²) in [6.45, 7) is 0. The van der Waals surface area contributed by atoms with Crippen LogP contribution in [0.3, 0.4) is 0 Å². The number of hydrogen-bond acceptors (Lipinski definition) is 5. The van der Waals surface area contributed by atoms with Gasteiger partial charge in [-0.2, -0.15) is 0 Å². The fraction of sp³-hybridized carbons (Fsp3) is 0.0833. The molecule has 0 saturated carbocycles. The van der Waals surface area contributed by atoms with E-state index in [1.807, 2.05) is 40.1 Å². The standard InChI is InChI=1S/C12H10N4OS2/c13-10(17)7-19-12-15-14-11-16(12)9(6-18-11)8-4-2-1-3-5-8/h1-6H,7H2,(H2,13,17). The molecule has 3 aromatic rings. The Kier molecular flexibility index (Phi) is 3.22. The van der Waals surface area contributed by atoms with Crippen LogP contribution in [0.1, 0.15) is 0 Å². The Morgan fingerprint density at radius 2 is 2.11 bits per heavy atom. The van der Waals surface area contributed by atoms with Gasteiger partial charge in [0.15, 0.2) is 5.16 Å². The molecule has 0 radical (unpaired) electrons. The van der Waals surface area contributed by atoms with E-state index in [0.717, 1.165) is 16.2 Å². The normalized spacial score (nSPS) is 10.9. The molecule has 0 unspecified atom stereocenters. The second-order valence-corrected chi connectivity index (χ2v) is 5.62. The predicted octanol–water partition coefficient (Wildman–Crippen LogP) is 2.04. The van der Waals surface area contributed by atoms with Crippen LogP contribution in [0.2, 0.25) is 0 Å². The highest BCUT2D eigenvalue weighted by Crippen LogP contribution is 2.29. The molecule has 2 aromatic heterocycles. The summed E-state index contributed by atoms with van der Waals surface area (Å²) in [6.07, 6.45) is 0. The van der Waals surface area contributed by atoms with Gasteiger partial charge in [0, 0.05) is 5.38 Å². The van der Waals surface area contributed by atoms with Crippen molar-refractivity contribution in [2.45, 2.75) is 5.16 Å². The lowest BCUT2D eigenvalue weighted by molar-refractivity contribution is -0.115. The highest BCUT2D eigenvalue weighted by atomic mass is 32.2. The summed E-state index contributed by atoms with van der Waals surface area (Å²) in [5.74, 6) is -0.163. The van der Waals surface area contributed by atoms with Crippen LogP contribution in [0.25, 0.3) is 16.2 Å². The van der Waals surface area contributed by atoms with Gasteiger partial charge in [-0.15, -0.1) is 21.5 Å². The predicted molar refractivity (Wildman–Crippen MR) is 76.2 cm³/mol. The number of aromatic nitrogens is 3. The molecule has 0 atom stereocenters. The third kappa shape index (κ3) is 2.34. The first kappa shape index (κ1) is 12.2. The Hall–Kier alpha value is -1.86. The Bertz CT molecular complexity index is 720. The van der Waals surface area contributed by atoms with Crippen LogP contribution >= 0.6 is 23.1 Å². The van der Waals surface area contributed by atoms with Gasteiger partial charge in [0.1, 0.15) is 0 Å². The zero-order valence-electron chi connectivity index (χ0n) is 9.81. The van der Waals surface area contributed by atoms with Gasteiger partial charge in [-0.1, -0.05) is 42.1 Å². The minimum atomic E-state index is -0.363. The monoisotopic (exact) mass is 290 g/mol. The van der Waals surface area contributed by atoms with Gasteiger partial charge in [0.2, 0.25) is 10.9 Å². The third-order valence-electron chi connectivity index (χ3n) is 2.53. The van der Waals surface area contributed by atoms with E-state index in [-0.39, 0.29) is 11.7 Å². The first-order chi connectivity index (χ1) is 9.25. The average Bonchev–Trinajstić information content (AvgIpc) is 2.99. The highest BCUT2D eigenvalue weighted by molar-refractivity contribution is 7.99. The number of thiazole rings is 1. The summed E-state index contributed by atoms with van der Waals surface area (Å²) < 4.78 is 1.95. The summed E-state index contributed by atoms with van der Waals surface area (Å²) in [4.78, 5) is 11.7. The van der Waals surface area contributed by atoms with Gasteiger partial charge in [-0.3, -0.25) is 9.20 Å². The molecule has 3 rings (SSSR count). The molecule has 0 fully saturated rings. The summed E-state index contributed by atoms with van der Waals surface area (Å²) in [6, 6.07) is 10.0. The molecule has 1 aromatic carbocycles. The number of thioether (sulfide) groups is 1. The van der Waals surface area contributed by atoms with Crippen LogP contribution in [0, 0.1) is 0 Å². The van der Waals surface area contributed by atoms with Crippen LogP contribution < -0.4 is 5.73 Å². The Morgan fingerprint density at radius 1 is 1.32 bits per heavy atom. The Morgan fingerprint density at radius 3 is 2.84 bits per heavy atom. The number of carbonyl (C=O) groups is 1. The second-order valence-electron chi connectivity index (χ2n) is 3.84. The van der Waals surface area contributed by atoms with Crippen molar-refractivity contribution in [1.82, 2.24) is 14.6 Å². The minimum absolute atomic E-state index is 0.199. The quantitative estimate of drug-likeness (QED) is 0.746. The molecule has 0 bridgehead atoms. The molecule has 1 amide bonds. The number of primary amides is 1. The molecule has 5 nitrogen and oxygen atoms in total. The largest absolute Gasteiger partial charge is 0.369 e. The van der Waals surface area contributed by atoms with Crippen molar-refractivity contribution in [3.63, 3.8) is 0 Å². The minimum Gasteiger partial charge on any atom is -0.369 e. The fourth-order valence-corrected chi connectivity index (χ4v) is 3.31. The molecule has 0 spiro atoms. The SMILES string of the molecule is NC(=O)CSc1nnc2scc(-c3ccccc3)n12. The van der Waals surface area contributed by atoms with E-state index in [2.05, 4.69) is 10.2 Å². The number of amides is 1. The van der Waals surface area contributed by atoms with Crippen molar-refractivity contribution >= 4 is 34.0 Å². The lowest BCUT2D eigenvalue weighted by atomic mass is 10.2. The van der Waals surface area contributed by atoms with Crippen LogP contribution in [0.5, 0.6) is 0 Å². The molecular weight excluding hydrogens is 280 g/mol. The average molecular weight is 290 g/mol. The van der Waals surface area contributed by atoms with Crippen molar-refractivity contribution in [3.8, 4) is 11.3 Å². The maximum atomic E-state index is 10.9. The van der Waals surface area contributed by atoms with E-state index < -0.39 is 0 Å². The number of carbonyl (C=O) groups excluding carboxylic acids is 1. The number of benzene rings is 1. The van der Waals surface area contributed by atoms with E-state index in [0.29, 0.717) is 5.16 Å². The maximum Gasteiger partial charge on any atom is 0.227 e. The van der Waals surface area contributed by atoms with Crippen LogP contribution in [0.15, 0.2) is 40.9 Å². The van der Waals surface area contributed by atoms with Crippen molar-refractivity contribution in [2.24, 2.45) is 5.73 Å². The summed E-state index contributed by atoms with van der Waals surface area (Å²) in [5.41, 5.74) is 7.28. The molecule has 19 heavy (non-hydrogen) atoms. The Balaban J connectivity index is 2.06. The zero-order valence-corrected chi connectivity index (χ0v) is 11.4. The number of fused-ring (bicyclic) bond motifs is 1. The number of rotatable bonds is 4. The van der Waals surface area contributed by atoms with Gasteiger partial charge in [0.25, 0.3) is 0 Å². The van der Waals surface area contributed by atoms with E-state index in [1.165, 1.54) is 23.1 Å². The molecule has 0 aliphatic carbocycles. The van der Waals surface area contributed by atoms with Crippen LogP contribution in [-0.2, 0) is 4.79 Å². The van der Waals surface area contributed by atoms with Crippen molar-refractivity contribution < 1.29 is 4.79 Å². The van der Waals surface area contributed by atoms with Crippen LogP contribution in [-0.4, -0.2) is 26.3 Å². The lowest BCUT2D eigenvalue weighted by Crippen LogP contribution is -2.13. The van der Waals surface area contributed by atoms with Crippen molar-refractivity contribution in [1.29, 1.82) is 0 Å². The first-order valence-corrected chi connectivity index (χ1v) is 7.41. The fourth-order valence-electron chi connectivity index (χ4n) is 1.74. The van der Waals surface area contributed by atoms with E-state index in [9.17, 15) is 4.79 Å². The second kappa shape index (κ2) is 5.02. The molecule has 96 valence electrons. The topological polar surface area (TPSA) is 73.3 Å². The highest BCUT2D eigenvalue weighted by Gasteiger charge is 2.14. The van der Waals surface area contributed by atoms with E-state index in [4.69, 9.17) is 5.73 Å². The van der Waals surface area contributed by atoms with Gasteiger partial charge in [-0.25, -0.2) is 0 Å². The van der Waals surface area contributed by atoms with Crippen LogP contribution in [0.4, 0.5) is 0 Å². The Labute approximate surface area is 117 Å². The lowest BCUT2D eigenvalue weighted by Gasteiger charge is -2.01. The van der Waals surface area contributed by atoms with E-state index in [1.54, 1.807) is 0 Å². The zero-order chi connectivity index (χ0) is 13.2. The molecule has 0 aliphatic heterocycles. The van der Waals surface area contributed by atoms with E-state index >= 15 is 0 Å². The van der Waals surface area contributed by atoms with Gasteiger partial charge < -0.3 is 5.73 Å². The molecule has 2 N–H and O–H groups in total. The van der Waals surface area contributed by atoms with Gasteiger partial charge >= 0.3 is 0 Å². The molecule has 7 heteroatoms. The van der Waals surface area contributed by atoms with Crippen molar-refractivity contribution in [2.75, 3.05) is 5.75 Å². The molecule has 0 aliphatic rings. The summed E-state index contributed by atoms with van der Waals surface area (Å²) in [5, 5.41) is 10.9. The molecule has 2 heterocycles. The summed E-state index contributed by atoms with van der Waals surface area (Å²) >= 11 is 2.82. The maximum absolute atomic E-state index is 10.9. The first-order valence-electron chi connectivity index (χ1n) is 5.55. The molecule has 0 saturated heterocycles. The summed E-state index contributed by atoms with van der Waals surface area (Å²) in [7, 11) is 0. The van der Waals surface area contributed by atoms with Gasteiger partial charge in [0.05, 0.1) is 11.4 Å². The van der Waals surface area contributed by atoms with Crippen molar-refractivity contribution in [3.05, 3.63) is 35.7 Å². The third-order valence-corrected chi connectivity index (χ3v) is 4.30. The number of hydrogen-bond donors (Lipinski definition) is 1. The number of nitrogens with two attached hydrogens (primary N) is 1. The van der Waals surface area contributed by atoms with Gasteiger partial charge in [-0.05, 0) is 5.56 Å². The molecular formula is C12H10N4OS2. The smallest absolute Gasteiger partial charge is 0.227 e. The number of nitrogens with zero attached hydrogens (tertiary/aromatic N) is 3.